The molecule has 0 radical (unpaired) electrons. The van der Waals surface area contributed by atoms with Crippen molar-refractivity contribution in [2.24, 2.45) is 0 Å². The van der Waals surface area contributed by atoms with Gasteiger partial charge in [-0.05, 0) is 11.6 Å². The average Bonchev–Trinajstić information content (AvgIpc) is 3.14. The van der Waals surface area contributed by atoms with Crippen molar-refractivity contribution in [1.82, 2.24) is 5.32 Å². The van der Waals surface area contributed by atoms with E-state index in [1.807, 2.05) is 42.5 Å². The topological polar surface area (TPSA) is 78.5 Å². The van der Waals surface area contributed by atoms with Gasteiger partial charge in [-0.15, -0.1) is 0 Å². The van der Waals surface area contributed by atoms with Gasteiger partial charge in [0.25, 0.3) is 5.91 Å². The van der Waals surface area contributed by atoms with E-state index in [1.54, 1.807) is 6.07 Å². The smallest absolute Gasteiger partial charge is 0.262 e. The monoisotopic (exact) mass is 337 g/mol. The molecule has 128 valence electrons. The first-order chi connectivity index (χ1) is 12.3. The number of hydrogen-bond donors (Lipinski definition) is 1. The standard InChI is InChI=1S/C19H19N3O3/c20-13-16(19(23)21-14-15-4-2-1-3-5-15)12-17-6-7-18(25-17)22-8-10-24-11-9-22/h1-7,12H,8-11,14H2,(H,21,23). The Morgan fingerprint density at radius 2 is 1.96 bits per heavy atom. The van der Waals surface area contributed by atoms with E-state index < -0.39 is 5.91 Å². The maximum atomic E-state index is 12.2. The number of benzene rings is 1. The number of nitrogens with one attached hydrogen (secondary N) is 1. The summed E-state index contributed by atoms with van der Waals surface area (Å²) in [5.74, 6) is 0.778. The normalized spacial score (nSPS) is 14.8. The minimum Gasteiger partial charge on any atom is -0.441 e. The largest absolute Gasteiger partial charge is 0.441 e. The molecule has 3 rings (SSSR count). The average molecular weight is 337 g/mol. The summed E-state index contributed by atoms with van der Waals surface area (Å²) in [7, 11) is 0. The summed E-state index contributed by atoms with van der Waals surface area (Å²) in [6, 6.07) is 15.1. The lowest BCUT2D eigenvalue weighted by molar-refractivity contribution is -0.117. The fourth-order valence-electron chi connectivity index (χ4n) is 2.54. The van der Waals surface area contributed by atoms with Gasteiger partial charge in [0, 0.05) is 31.8 Å². The lowest BCUT2D eigenvalue weighted by Gasteiger charge is -2.26. The summed E-state index contributed by atoms with van der Waals surface area (Å²) < 4.78 is 11.0. The number of amides is 1. The number of carbonyl (C=O) groups is 1. The van der Waals surface area contributed by atoms with Crippen LogP contribution >= 0.6 is 0 Å². The minimum atomic E-state index is -0.421. The highest BCUT2D eigenvalue weighted by atomic mass is 16.5. The lowest BCUT2D eigenvalue weighted by atomic mass is 10.2. The number of nitriles is 1. The van der Waals surface area contributed by atoms with E-state index >= 15 is 0 Å². The van der Waals surface area contributed by atoms with Crippen molar-refractivity contribution in [1.29, 1.82) is 5.26 Å². The van der Waals surface area contributed by atoms with E-state index in [0.717, 1.165) is 24.5 Å². The van der Waals surface area contributed by atoms with Gasteiger partial charge < -0.3 is 19.4 Å². The van der Waals surface area contributed by atoms with Gasteiger partial charge in [-0.25, -0.2) is 0 Å². The first-order valence-electron chi connectivity index (χ1n) is 8.13. The van der Waals surface area contributed by atoms with Crippen molar-refractivity contribution in [3.05, 3.63) is 59.4 Å². The van der Waals surface area contributed by atoms with Gasteiger partial charge in [-0.2, -0.15) is 5.26 Å². The Labute approximate surface area is 146 Å². The molecule has 1 aromatic carbocycles. The summed E-state index contributed by atoms with van der Waals surface area (Å²) in [5, 5.41) is 12.0. The van der Waals surface area contributed by atoms with Crippen LogP contribution in [0, 0.1) is 11.3 Å². The lowest BCUT2D eigenvalue weighted by Crippen LogP contribution is -2.35. The number of morpholine rings is 1. The van der Waals surface area contributed by atoms with Crippen LogP contribution in [0.15, 0.2) is 52.5 Å². The third-order valence-electron chi connectivity index (χ3n) is 3.88. The first-order valence-corrected chi connectivity index (χ1v) is 8.13. The van der Waals surface area contributed by atoms with Gasteiger partial charge in [0.15, 0.2) is 5.88 Å². The fraction of sp³-hybridized carbons (Fsp3) is 0.263. The van der Waals surface area contributed by atoms with E-state index in [4.69, 9.17) is 9.15 Å². The summed E-state index contributed by atoms with van der Waals surface area (Å²) in [5.41, 5.74) is 0.986. The van der Waals surface area contributed by atoms with Gasteiger partial charge in [0.1, 0.15) is 17.4 Å². The van der Waals surface area contributed by atoms with Crippen molar-refractivity contribution in [3.8, 4) is 6.07 Å². The van der Waals surface area contributed by atoms with E-state index in [9.17, 15) is 10.1 Å². The maximum Gasteiger partial charge on any atom is 0.262 e. The van der Waals surface area contributed by atoms with Crippen LogP contribution in [0.3, 0.4) is 0 Å². The van der Waals surface area contributed by atoms with Crippen molar-refractivity contribution >= 4 is 17.9 Å². The molecule has 0 aliphatic carbocycles. The molecule has 2 aromatic rings. The van der Waals surface area contributed by atoms with Crippen LogP contribution in [0.2, 0.25) is 0 Å². The third kappa shape index (κ3) is 4.49. The van der Waals surface area contributed by atoms with Crippen LogP contribution in [-0.2, 0) is 16.1 Å². The molecule has 1 amide bonds. The number of anilines is 1. The SMILES string of the molecule is N#CC(=Cc1ccc(N2CCOCC2)o1)C(=O)NCc1ccccc1. The minimum absolute atomic E-state index is 0.0128. The molecule has 1 saturated heterocycles. The second kappa shape index (κ2) is 8.18. The van der Waals surface area contributed by atoms with Crippen LogP contribution in [0.25, 0.3) is 6.08 Å². The molecule has 6 heteroatoms. The van der Waals surface area contributed by atoms with Gasteiger partial charge in [0.05, 0.1) is 13.2 Å². The molecule has 0 bridgehead atoms. The Morgan fingerprint density at radius 1 is 1.20 bits per heavy atom. The number of rotatable bonds is 5. The van der Waals surface area contributed by atoms with Crippen LogP contribution in [0.5, 0.6) is 0 Å². The van der Waals surface area contributed by atoms with Gasteiger partial charge in [-0.1, -0.05) is 30.3 Å². The zero-order chi connectivity index (χ0) is 17.5. The Balaban J connectivity index is 1.64. The molecule has 0 spiro atoms. The van der Waals surface area contributed by atoms with E-state index in [0.29, 0.717) is 25.5 Å². The second-order valence-corrected chi connectivity index (χ2v) is 5.61. The molecular formula is C19H19N3O3. The van der Waals surface area contributed by atoms with E-state index in [2.05, 4.69) is 10.2 Å². The molecule has 25 heavy (non-hydrogen) atoms. The molecule has 0 atom stereocenters. The molecule has 2 heterocycles. The van der Waals surface area contributed by atoms with Gasteiger partial charge in [-0.3, -0.25) is 4.79 Å². The van der Waals surface area contributed by atoms with Crippen LogP contribution in [0.1, 0.15) is 11.3 Å². The summed E-state index contributed by atoms with van der Waals surface area (Å²) in [4.78, 5) is 14.3. The summed E-state index contributed by atoms with van der Waals surface area (Å²) in [6.45, 7) is 3.23. The van der Waals surface area contributed by atoms with Crippen molar-refractivity contribution < 1.29 is 13.9 Å². The molecule has 0 unspecified atom stereocenters. The Hall–Kier alpha value is -3.04. The number of ether oxygens (including phenoxy) is 1. The van der Waals surface area contributed by atoms with Crippen LogP contribution in [0.4, 0.5) is 5.88 Å². The molecule has 1 aromatic heterocycles. The zero-order valence-corrected chi connectivity index (χ0v) is 13.8. The Bertz CT molecular complexity index is 784. The van der Waals surface area contributed by atoms with Crippen molar-refractivity contribution in [2.75, 3.05) is 31.2 Å². The number of nitrogens with zero attached hydrogens (tertiary/aromatic N) is 2. The molecule has 0 saturated carbocycles. The molecular weight excluding hydrogens is 318 g/mol. The maximum absolute atomic E-state index is 12.2. The Morgan fingerprint density at radius 3 is 2.68 bits per heavy atom. The predicted octanol–water partition coefficient (Wildman–Crippen LogP) is 2.34. The van der Waals surface area contributed by atoms with Crippen LogP contribution in [-0.4, -0.2) is 32.2 Å². The van der Waals surface area contributed by atoms with Gasteiger partial charge in [0.2, 0.25) is 0 Å². The Kier molecular flexibility index (Phi) is 5.50. The molecule has 1 aliphatic heterocycles. The quantitative estimate of drug-likeness (QED) is 0.669. The summed E-state index contributed by atoms with van der Waals surface area (Å²) in [6.07, 6.45) is 1.46. The first kappa shape index (κ1) is 16.8. The zero-order valence-electron chi connectivity index (χ0n) is 13.8. The molecule has 1 aliphatic rings. The predicted molar refractivity (Wildman–Crippen MR) is 93.6 cm³/mol. The van der Waals surface area contributed by atoms with Crippen molar-refractivity contribution in [2.45, 2.75) is 6.54 Å². The van der Waals surface area contributed by atoms with Crippen molar-refractivity contribution in [3.63, 3.8) is 0 Å². The highest BCUT2D eigenvalue weighted by molar-refractivity contribution is 6.01. The molecule has 6 nitrogen and oxygen atoms in total. The number of hydrogen-bond acceptors (Lipinski definition) is 5. The molecule has 1 N–H and O–H groups in total. The van der Waals surface area contributed by atoms with Gasteiger partial charge >= 0.3 is 0 Å². The van der Waals surface area contributed by atoms with E-state index in [-0.39, 0.29) is 5.57 Å². The highest BCUT2D eigenvalue weighted by Gasteiger charge is 2.15. The fourth-order valence-corrected chi connectivity index (χ4v) is 2.54. The highest BCUT2D eigenvalue weighted by Crippen LogP contribution is 2.21. The number of furan rings is 1. The summed E-state index contributed by atoms with van der Waals surface area (Å²) >= 11 is 0. The number of carbonyl (C=O) groups excluding carboxylic acids is 1. The third-order valence-corrected chi connectivity index (χ3v) is 3.88. The van der Waals surface area contributed by atoms with Crippen LogP contribution < -0.4 is 10.2 Å². The second-order valence-electron chi connectivity index (χ2n) is 5.61. The van der Waals surface area contributed by atoms with E-state index in [1.165, 1.54) is 6.08 Å². The molecule has 1 fully saturated rings.